The molecule has 8 heteroatoms. The average Bonchev–Trinajstić information content (AvgIpc) is 3.18. The van der Waals surface area contributed by atoms with Crippen molar-refractivity contribution < 1.29 is 33.9 Å². The number of nitrogens with one attached hydrogen (secondary N) is 1. The molecule has 2 aliphatic rings. The molecular weight excluding hydrogens is 484 g/mol. The van der Waals surface area contributed by atoms with Crippen molar-refractivity contribution in [3.8, 4) is 17.2 Å². The summed E-state index contributed by atoms with van der Waals surface area (Å²) >= 11 is 0. The maximum absolute atomic E-state index is 13.8. The van der Waals surface area contributed by atoms with Gasteiger partial charge in [-0.15, -0.1) is 0 Å². The highest BCUT2D eigenvalue weighted by molar-refractivity contribution is 6.46. The van der Waals surface area contributed by atoms with E-state index in [1.807, 2.05) is 30.3 Å². The number of pyridine rings is 1. The van der Waals surface area contributed by atoms with Crippen LogP contribution < -0.4 is 24.3 Å². The van der Waals surface area contributed by atoms with Gasteiger partial charge in [0.15, 0.2) is 23.9 Å². The molecule has 1 saturated heterocycles. The molecule has 3 heterocycles. The van der Waals surface area contributed by atoms with Crippen molar-refractivity contribution in [1.29, 1.82) is 0 Å². The number of benzene rings is 2. The summed E-state index contributed by atoms with van der Waals surface area (Å²) in [4.78, 5) is 31.2. The molecule has 2 aromatic carbocycles. The van der Waals surface area contributed by atoms with Crippen LogP contribution in [0.5, 0.6) is 17.2 Å². The lowest BCUT2D eigenvalue weighted by molar-refractivity contribution is -0.378. The van der Waals surface area contributed by atoms with E-state index < -0.39 is 23.5 Å². The average molecular weight is 515 g/mol. The lowest BCUT2D eigenvalue weighted by Gasteiger charge is -2.28. The Balaban J connectivity index is 1.57. The molecule has 0 bridgehead atoms. The summed E-state index contributed by atoms with van der Waals surface area (Å²) in [6.45, 7) is 5.74. The molecular formula is C30H30N2O6. The van der Waals surface area contributed by atoms with Gasteiger partial charge in [-0.3, -0.25) is 9.59 Å². The number of aromatic amines is 1. The number of hydrogen-bond donors (Lipinski definition) is 0. The minimum atomic E-state index is -0.871. The Kier molecular flexibility index (Phi) is 7.31. The molecule has 0 spiro atoms. The summed E-state index contributed by atoms with van der Waals surface area (Å²) in [6, 6.07) is 14.9. The summed E-state index contributed by atoms with van der Waals surface area (Å²) in [5, 5.41) is 13.8. The van der Waals surface area contributed by atoms with Gasteiger partial charge in [0.2, 0.25) is 5.78 Å². The molecule has 8 nitrogen and oxygen atoms in total. The number of Topliss-reactive ketones (excluding diaryl/α,β-unsaturated/α-hetero) is 1. The smallest absolute Gasteiger partial charge is 0.295 e. The number of ketones is 1. The third-order valence-corrected chi connectivity index (χ3v) is 6.60. The highest BCUT2D eigenvalue weighted by Crippen LogP contribution is 2.41. The van der Waals surface area contributed by atoms with Crippen LogP contribution in [0.3, 0.4) is 0 Å². The normalized spacial score (nSPS) is 18.2. The van der Waals surface area contributed by atoms with Crippen LogP contribution in [-0.2, 0) is 16.1 Å². The Morgan fingerprint density at radius 3 is 2.66 bits per heavy atom. The fraction of sp³-hybridized carbons (Fsp3) is 0.300. The number of hydrogen-bond acceptors (Lipinski definition) is 6. The molecule has 1 fully saturated rings. The Labute approximate surface area is 221 Å². The first-order valence-corrected chi connectivity index (χ1v) is 12.8. The third kappa shape index (κ3) is 5.20. The lowest BCUT2D eigenvalue weighted by atomic mass is 9.95. The third-order valence-electron chi connectivity index (χ3n) is 6.60. The number of fused-ring (bicyclic) bond motifs is 1. The molecule has 1 atom stereocenters. The molecule has 0 aliphatic carbocycles. The number of aromatic nitrogens is 1. The molecule has 38 heavy (non-hydrogen) atoms. The molecule has 1 N–H and O–H groups in total. The minimum absolute atomic E-state index is 0.0917. The number of H-pyrrole nitrogens is 1. The van der Waals surface area contributed by atoms with Crippen molar-refractivity contribution in [2.75, 3.05) is 19.8 Å². The van der Waals surface area contributed by atoms with Crippen molar-refractivity contribution in [2.24, 2.45) is 5.92 Å². The van der Waals surface area contributed by atoms with Crippen LogP contribution in [0.1, 0.15) is 43.0 Å². The van der Waals surface area contributed by atoms with Crippen LogP contribution in [0.4, 0.5) is 0 Å². The quantitative estimate of drug-likeness (QED) is 0.260. The van der Waals surface area contributed by atoms with Gasteiger partial charge in [-0.1, -0.05) is 37.8 Å². The number of carbonyl (C=O) groups is 2. The number of nitrogens with zero attached hydrogens (tertiary/aromatic N) is 1. The predicted molar refractivity (Wildman–Crippen MR) is 137 cm³/mol. The maximum Gasteiger partial charge on any atom is 0.295 e. The molecule has 196 valence electrons. The highest BCUT2D eigenvalue weighted by Gasteiger charge is 2.44. The largest absolute Gasteiger partial charge is 0.872 e. The van der Waals surface area contributed by atoms with Crippen molar-refractivity contribution in [1.82, 2.24) is 4.90 Å². The fourth-order valence-electron chi connectivity index (χ4n) is 4.63. The number of carbonyl (C=O) groups excluding carboxylic acids is 2. The molecule has 0 saturated carbocycles. The molecule has 3 aromatic rings. The summed E-state index contributed by atoms with van der Waals surface area (Å²) in [6.07, 6.45) is 4.42. The van der Waals surface area contributed by atoms with E-state index >= 15 is 0 Å². The van der Waals surface area contributed by atoms with E-state index in [4.69, 9.17) is 14.2 Å². The molecule has 5 rings (SSSR count). The van der Waals surface area contributed by atoms with Crippen LogP contribution in [0.15, 0.2) is 72.6 Å². The molecule has 2 aliphatic heterocycles. The number of amides is 1. The fourth-order valence-corrected chi connectivity index (χ4v) is 4.63. The summed E-state index contributed by atoms with van der Waals surface area (Å²) in [5.74, 6) is 0.0501. The van der Waals surface area contributed by atoms with Gasteiger partial charge in [0.1, 0.15) is 19.0 Å². The van der Waals surface area contributed by atoms with E-state index in [2.05, 4.69) is 18.8 Å². The Hall–Kier alpha value is -4.33. The maximum atomic E-state index is 13.8. The van der Waals surface area contributed by atoms with Gasteiger partial charge in [-0.25, -0.2) is 4.98 Å². The first-order chi connectivity index (χ1) is 18.4. The SMILES string of the molecule is CC(C)CCOc1cccc(C2C(=C([O-])c3ccc4c(c3)OCCO4)C(=O)C(=O)N2Cc2ccc[nH+]c2)c1. The second kappa shape index (κ2) is 11.0. The molecule has 1 aromatic heterocycles. The van der Waals surface area contributed by atoms with Gasteiger partial charge in [0, 0.05) is 17.2 Å². The highest BCUT2D eigenvalue weighted by atomic mass is 16.6. The van der Waals surface area contributed by atoms with E-state index in [-0.39, 0.29) is 17.7 Å². The van der Waals surface area contributed by atoms with Crippen molar-refractivity contribution in [3.63, 3.8) is 0 Å². The van der Waals surface area contributed by atoms with E-state index in [9.17, 15) is 14.7 Å². The van der Waals surface area contributed by atoms with Crippen LogP contribution in [0.25, 0.3) is 5.76 Å². The molecule has 0 radical (unpaired) electrons. The second-order valence-corrected chi connectivity index (χ2v) is 9.78. The van der Waals surface area contributed by atoms with Crippen molar-refractivity contribution in [3.05, 3.63) is 89.3 Å². The van der Waals surface area contributed by atoms with Gasteiger partial charge in [-0.2, -0.15) is 0 Å². The zero-order chi connectivity index (χ0) is 26.6. The van der Waals surface area contributed by atoms with Crippen LogP contribution in [0.2, 0.25) is 0 Å². The topological polar surface area (TPSA) is 102 Å². The van der Waals surface area contributed by atoms with Crippen LogP contribution in [0, 0.1) is 5.92 Å². The summed E-state index contributed by atoms with van der Waals surface area (Å²) in [7, 11) is 0. The lowest BCUT2D eigenvalue weighted by Crippen LogP contribution is -2.29. The van der Waals surface area contributed by atoms with Crippen LogP contribution >= 0.6 is 0 Å². The van der Waals surface area contributed by atoms with Gasteiger partial charge >= 0.3 is 0 Å². The Morgan fingerprint density at radius 1 is 1.08 bits per heavy atom. The van der Waals surface area contributed by atoms with E-state index in [0.29, 0.717) is 48.6 Å². The van der Waals surface area contributed by atoms with E-state index in [0.717, 1.165) is 12.0 Å². The summed E-state index contributed by atoms with van der Waals surface area (Å²) < 4.78 is 17.2. The van der Waals surface area contributed by atoms with Gasteiger partial charge in [0.25, 0.3) is 5.91 Å². The molecule has 1 amide bonds. The number of ether oxygens (including phenoxy) is 3. The standard InChI is InChI=1S/C30H30N2O6/c1-19(2)10-12-36-23-7-3-6-21(15-23)27-26(28(33)22-8-9-24-25(16-22)38-14-13-37-24)29(34)30(35)32(27)18-20-5-4-11-31-17-20/h3-9,11,15-17,19,27,33H,10,12-14,18H2,1-2H3. The van der Waals surface area contributed by atoms with E-state index in [1.54, 1.807) is 36.7 Å². The Morgan fingerprint density at radius 2 is 1.89 bits per heavy atom. The van der Waals surface area contributed by atoms with Gasteiger partial charge in [0.05, 0.1) is 19.2 Å². The first kappa shape index (κ1) is 25.3. The van der Waals surface area contributed by atoms with E-state index in [1.165, 1.54) is 4.90 Å². The number of rotatable bonds is 8. The Bertz CT molecular complexity index is 1370. The predicted octanol–water partition coefficient (Wildman–Crippen LogP) is 3.12. The monoisotopic (exact) mass is 514 g/mol. The van der Waals surface area contributed by atoms with Gasteiger partial charge in [-0.05, 0) is 53.8 Å². The van der Waals surface area contributed by atoms with Gasteiger partial charge < -0.3 is 24.2 Å². The zero-order valence-electron chi connectivity index (χ0n) is 21.4. The van der Waals surface area contributed by atoms with Crippen LogP contribution in [-0.4, -0.2) is 36.4 Å². The van der Waals surface area contributed by atoms with Crippen molar-refractivity contribution in [2.45, 2.75) is 32.9 Å². The minimum Gasteiger partial charge on any atom is -0.872 e. The number of likely N-dealkylation sites (tertiary alicyclic amines) is 1. The first-order valence-electron chi connectivity index (χ1n) is 12.8. The van der Waals surface area contributed by atoms with Crippen molar-refractivity contribution >= 4 is 17.4 Å². The zero-order valence-corrected chi connectivity index (χ0v) is 21.4. The second-order valence-electron chi connectivity index (χ2n) is 9.78. The molecule has 1 unspecified atom stereocenters. The summed E-state index contributed by atoms with van der Waals surface area (Å²) in [5.41, 5.74) is 1.60.